The molecule has 2 aromatic rings. The van der Waals surface area contributed by atoms with Gasteiger partial charge in [-0.2, -0.15) is 4.91 Å². The predicted octanol–water partition coefficient (Wildman–Crippen LogP) is 6.13. The molecule has 1 aliphatic rings. The standard InChI is InChI=1S/C27H33N3O3/c1-18-14-24(32-13-12-30-31)15-19(2)27(18)25-7-5-6-23(21(25)4)17-33-26-11-10-22(16-29-26)9-8-20(3)28/h5-7,10-11,14-15,28-29H,8-9,12-13,16-17H2,1-4H3. The minimum atomic E-state index is 0.146. The van der Waals surface area contributed by atoms with Gasteiger partial charge < -0.3 is 20.2 Å². The van der Waals surface area contributed by atoms with E-state index >= 15 is 0 Å². The third kappa shape index (κ3) is 6.54. The third-order valence-electron chi connectivity index (χ3n) is 5.84. The molecule has 1 aliphatic heterocycles. The lowest BCUT2D eigenvalue weighted by Gasteiger charge is -2.20. The Bertz CT molecular complexity index is 1060. The summed E-state index contributed by atoms with van der Waals surface area (Å²) in [7, 11) is 0. The molecule has 0 atom stereocenters. The minimum absolute atomic E-state index is 0.146. The number of allylic oxidation sites excluding steroid dienone is 2. The number of ether oxygens (including phenoxy) is 2. The highest BCUT2D eigenvalue weighted by Crippen LogP contribution is 2.34. The van der Waals surface area contributed by atoms with E-state index in [0.29, 0.717) is 12.3 Å². The number of nitroso groups, excluding NO2 is 1. The number of nitrogens with one attached hydrogen (secondary N) is 2. The number of rotatable bonds is 11. The van der Waals surface area contributed by atoms with E-state index in [4.69, 9.17) is 14.9 Å². The second kappa shape index (κ2) is 11.5. The van der Waals surface area contributed by atoms with Gasteiger partial charge in [-0.3, -0.25) is 0 Å². The van der Waals surface area contributed by atoms with Crippen LogP contribution >= 0.6 is 0 Å². The van der Waals surface area contributed by atoms with Crippen LogP contribution in [-0.4, -0.2) is 25.4 Å². The number of benzene rings is 2. The second-order valence-corrected chi connectivity index (χ2v) is 8.50. The molecule has 6 nitrogen and oxygen atoms in total. The topological polar surface area (TPSA) is 83.8 Å². The van der Waals surface area contributed by atoms with Gasteiger partial charge in [0.15, 0.2) is 5.88 Å². The Hall–Kier alpha value is -3.41. The molecule has 0 aliphatic carbocycles. The molecule has 0 fully saturated rings. The van der Waals surface area contributed by atoms with Crippen molar-refractivity contribution in [2.75, 3.05) is 19.7 Å². The van der Waals surface area contributed by atoms with Crippen LogP contribution in [0.15, 0.2) is 59.1 Å². The maximum Gasteiger partial charge on any atom is 0.187 e. The molecule has 33 heavy (non-hydrogen) atoms. The van der Waals surface area contributed by atoms with Gasteiger partial charge in [-0.05, 0) is 92.1 Å². The Balaban J connectivity index is 1.73. The summed E-state index contributed by atoms with van der Waals surface area (Å²) >= 11 is 0. The third-order valence-corrected chi connectivity index (χ3v) is 5.84. The van der Waals surface area contributed by atoms with Crippen LogP contribution < -0.4 is 10.1 Å². The molecule has 2 N–H and O–H groups in total. The monoisotopic (exact) mass is 447 g/mol. The first-order valence-corrected chi connectivity index (χ1v) is 11.3. The Morgan fingerprint density at radius 1 is 1.12 bits per heavy atom. The minimum Gasteiger partial charge on any atom is -0.492 e. The smallest absolute Gasteiger partial charge is 0.187 e. The second-order valence-electron chi connectivity index (χ2n) is 8.50. The molecular weight excluding hydrogens is 414 g/mol. The van der Waals surface area contributed by atoms with Crippen molar-refractivity contribution in [1.29, 1.82) is 5.41 Å². The van der Waals surface area contributed by atoms with Crippen molar-refractivity contribution in [1.82, 2.24) is 5.32 Å². The summed E-state index contributed by atoms with van der Waals surface area (Å²) in [5, 5.41) is 13.8. The van der Waals surface area contributed by atoms with Gasteiger partial charge in [-0.15, -0.1) is 0 Å². The van der Waals surface area contributed by atoms with E-state index in [1.54, 1.807) is 0 Å². The highest BCUT2D eigenvalue weighted by atomic mass is 16.5. The van der Waals surface area contributed by atoms with Crippen molar-refractivity contribution in [3.05, 3.63) is 81.1 Å². The van der Waals surface area contributed by atoms with Crippen molar-refractivity contribution >= 4 is 5.71 Å². The van der Waals surface area contributed by atoms with Gasteiger partial charge in [0.2, 0.25) is 0 Å². The Labute approximate surface area is 196 Å². The molecule has 0 spiro atoms. The average molecular weight is 448 g/mol. The van der Waals surface area contributed by atoms with Crippen molar-refractivity contribution in [3.8, 4) is 16.9 Å². The number of dihydropyridines is 1. The molecule has 3 rings (SSSR count). The molecule has 2 aromatic carbocycles. The number of hydrogen-bond donors (Lipinski definition) is 2. The Kier molecular flexibility index (Phi) is 8.41. The largest absolute Gasteiger partial charge is 0.492 e. The van der Waals surface area contributed by atoms with Gasteiger partial charge >= 0.3 is 0 Å². The van der Waals surface area contributed by atoms with Crippen molar-refractivity contribution in [3.63, 3.8) is 0 Å². The quantitative estimate of drug-likeness (QED) is 0.246. The van der Waals surface area contributed by atoms with E-state index in [1.807, 2.05) is 25.1 Å². The molecule has 0 saturated carbocycles. The van der Waals surface area contributed by atoms with Gasteiger partial charge in [-0.1, -0.05) is 35.0 Å². The predicted molar refractivity (Wildman–Crippen MR) is 134 cm³/mol. The molecule has 0 bridgehead atoms. The van der Waals surface area contributed by atoms with E-state index in [1.165, 1.54) is 22.3 Å². The normalized spacial score (nSPS) is 13.0. The molecule has 0 unspecified atom stereocenters. The molecule has 0 radical (unpaired) electrons. The van der Waals surface area contributed by atoms with E-state index in [-0.39, 0.29) is 13.2 Å². The first-order valence-electron chi connectivity index (χ1n) is 11.3. The highest BCUT2D eigenvalue weighted by Gasteiger charge is 2.14. The van der Waals surface area contributed by atoms with Crippen LogP contribution in [0.5, 0.6) is 5.75 Å². The van der Waals surface area contributed by atoms with Crippen molar-refractivity contribution < 1.29 is 9.47 Å². The summed E-state index contributed by atoms with van der Waals surface area (Å²) < 4.78 is 11.7. The summed E-state index contributed by atoms with van der Waals surface area (Å²) in [6.07, 6.45) is 5.78. The van der Waals surface area contributed by atoms with Crippen LogP contribution in [0.3, 0.4) is 0 Å². The fraction of sp³-hybridized carbons (Fsp3) is 0.370. The Morgan fingerprint density at radius 2 is 1.88 bits per heavy atom. The molecule has 0 aromatic heterocycles. The van der Waals surface area contributed by atoms with Crippen LogP contribution in [0.2, 0.25) is 0 Å². The fourth-order valence-electron chi connectivity index (χ4n) is 4.03. The van der Waals surface area contributed by atoms with E-state index in [0.717, 1.165) is 47.7 Å². The fourth-order valence-corrected chi connectivity index (χ4v) is 4.03. The van der Waals surface area contributed by atoms with Crippen molar-refractivity contribution in [2.24, 2.45) is 5.18 Å². The molecular formula is C27H33N3O3. The molecule has 174 valence electrons. The summed E-state index contributed by atoms with van der Waals surface area (Å²) in [6.45, 7) is 9.81. The zero-order valence-electron chi connectivity index (χ0n) is 20.0. The van der Waals surface area contributed by atoms with Gasteiger partial charge in [0, 0.05) is 12.3 Å². The summed E-state index contributed by atoms with van der Waals surface area (Å²) in [6, 6.07) is 10.3. The first kappa shape index (κ1) is 24.2. The van der Waals surface area contributed by atoms with Crippen LogP contribution in [0, 0.1) is 31.1 Å². The highest BCUT2D eigenvalue weighted by molar-refractivity contribution is 5.78. The van der Waals surface area contributed by atoms with Crippen LogP contribution in [0.1, 0.15) is 42.0 Å². The van der Waals surface area contributed by atoms with E-state index in [9.17, 15) is 4.91 Å². The van der Waals surface area contributed by atoms with Gasteiger partial charge in [0.25, 0.3) is 0 Å². The van der Waals surface area contributed by atoms with Gasteiger partial charge in [0.1, 0.15) is 25.5 Å². The number of aryl methyl sites for hydroxylation is 2. The number of hydrogen-bond acceptors (Lipinski definition) is 6. The summed E-state index contributed by atoms with van der Waals surface area (Å²) in [5.41, 5.74) is 8.95. The zero-order valence-corrected chi connectivity index (χ0v) is 20.0. The van der Waals surface area contributed by atoms with E-state index < -0.39 is 0 Å². The van der Waals surface area contributed by atoms with Gasteiger partial charge in [-0.25, -0.2) is 0 Å². The summed E-state index contributed by atoms with van der Waals surface area (Å²) in [5.74, 6) is 1.53. The lowest BCUT2D eigenvalue weighted by Crippen LogP contribution is -2.21. The average Bonchev–Trinajstić information content (AvgIpc) is 2.78. The van der Waals surface area contributed by atoms with Crippen LogP contribution in [0.4, 0.5) is 0 Å². The maximum absolute atomic E-state index is 10.3. The number of nitrogens with zero attached hydrogens (tertiary/aromatic N) is 1. The van der Waals surface area contributed by atoms with Crippen molar-refractivity contribution in [2.45, 2.75) is 47.1 Å². The van der Waals surface area contributed by atoms with Crippen LogP contribution in [0.25, 0.3) is 11.1 Å². The maximum atomic E-state index is 10.3. The first-order chi connectivity index (χ1) is 15.9. The molecule has 0 amide bonds. The zero-order chi connectivity index (χ0) is 23.8. The summed E-state index contributed by atoms with van der Waals surface area (Å²) in [4.78, 5) is 10.3. The molecule has 0 saturated heterocycles. The SMILES string of the molecule is CC(=N)CCC1=CC=C(OCc2cccc(-c3c(C)cc(OCCN=O)cc3C)c2C)NC1. The van der Waals surface area contributed by atoms with Crippen LogP contribution in [-0.2, 0) is 11.3 Å². The molecule has 6 heteroatoms. The van der Waals surface area contributed by atoms with Gasteiger partial charge in [0.05, 0.1) is 0 Å². The Morgan fingerprint density at radius 3 is 2.52 bits per heavy atom. The molecule has 1 heterocycles. The lowest BCUT2D eigenvalue weighted by atomic mass is 9.90. The lowest BCUT2D eigenvalue weighted by molar-refractivity contribution is 0.177. The van der Waals surface area contributed by atoms with E-state index in [2.05, 4.69) is 55.5 Å².